The highest BCUT2D eigenvalue weighted by molar-refractivity contribution is 7.91. The number of hydrogen-bond donors (Lipinski definition) is 1. The van der Waals surface area contributed by atoms with E-state index in [1.165, 1.54) is 0 Å². The van der Waals surface area contributed by atoms with E-state index in [2.05, 4.69) is 0 Å². The van der Waals surface area contributed by atoms with Crippen molar-refractivity contribution in [3.63, 3.8) is 0 Å². The number of benzene rings is 1. The first-order valence-electron chi connectivity index (χ1n) is 8.57. The van der Waals surface area contributed by atoms with E-state index in [9.17, 15) is 18.3 Å². The Balaban J connectivity index is 2.32. The third kappa shape index (κ3) is 7.14. The van der Waals surface area contributed by atoms with Crippen molar-refractivity contribution in [1.82, 2.24) is 0 Å². The third-order valence-electron chi connectivity index (χ3n) is 4.16. The van der Waals surface area contributed by atoms with Crippen molar-refractivity contribution in [2.45, 2.75) is 70.7 Å². The molecule has 0 aliphatic heterocycles. The van der Waals surface area contributed by atoms with Crippen LogP contribution < -0.4 is 0 Å². The predicted octanol–water partition coefficient (Wildman–Crippen LogP) is 3.41. The van der Waals surface area contributed by atoms with Gasteiger partial charge in [0.05, 0.1) is 16.6 Å². The summed E-state index contributed by atoms with van der Waals surface area (Å²) in [6.07, 6.45) is 2.98. The Bertz CT molecular complexity index is 622. The van der Waals surface area contributed by atoms with Crippen LogP contribution in [0.2, 0.25) is 0 Å². The Labute approximate surface area is 146 Å². The number of hydrogen-bond acceptors (Lipinski definition) is 4. The van der Waals surface area contributed by atoms with Crippen LogP contribution in [0.25, 0.3) is 0 Å². The molecule has 4 nitrogen and oxygen atoms in total. The van der Waals surface area contributed by atoms with Gasteiger partial charge in [-0.2, -0.15) is 0 Å². The molecule has 0 aliphatic carbocycles. The van der Waals surface area contributed by atoms with E-state index in [-0.39, 0.29) is 16.8 Å². The summed E-state index contributed by atoms with van der Waals surface area (Å²) < 4.78 is 23.4. The second kappa shape index (κ2) is 8.77. The van der Waals surface area contributed by atoms with Gasteiger partial charge in [0.1, 0.15) is 5.78 Å². The Kier molecular flexibility index (Phi) is 7.61. The van der Waals surface area contributed by atoms with Gasteiger partial charge in [-0.1, -0.05) is 30.7 Å². The van der Waals surface area contributed by atoms with Crippen molar-refractivity contribution in [3.8, 4) is 0 Å². The van der Waals surface area contributed by atoms with E-state index in [1.54, 1.807) is 27.7 Å². The van der Waals surface area contributed by atoms with Crippen molar-refractivity contribution in [2.75, 3.05) is 5.75 Å². The lowest BCUT2D eigenvalue weighted by Gasteiger charge is -2.17. The summed E-state index contributed by atoms with van der Waals surface area (Å²) in [4.78, 5) is 12.0. The standard InChI is InChI=1S/C19H30O4S/c1-15(2)24(22,23)13-7-5-6-8-18(20)14-16-9-11-17(12-10-16)19(3,4)21/h9-12,15,21H,5-8,13-14H2,1-4H3. The summed E-state index contributed by atoms with van der Waals surface area (Å²) >= 11 is 0. The molecule has 0 heterocycles. The Morgan fingerprint density at radius 2 is 1.67 bits per heavy atom. The van der Waals surface area contributed by atoms with Crippen LogP contribution >= 0.6 is 0 Å². The van der Waals surface area contributed by atoms with Gasteiger partial charge in [-0.15, -0.1) is 0 Å². The minimum atomic E-state index is -2.97. The van der Waals surface area contributed by atoms with Gasteiger partial charge in [0.25, 0.3) is 0 Å². The van der Waals surface area contributed by atoms with E-state index in [4.69, 9.17) is 0 Å². The normalized spacial score (nSPS) is 12.6. The lowest BCUT2D eigenvalue weighted by atomic mass is 9.96. The van der Waals surface area contributed by atoms with Gasteiger partial charge < -0.3 is 5.11 Å². The zero-order valence-corrected chi connectivity index (χ0v) is 16.0. The van der Waals surface area contributed by atoms with Crippen LogP contribution in [0.4, 0.5) is 0 Å². The zero-order valence-electron chi connectivity index (χ0n) is 15.2. The summed E-state index contributed by atoms with van der Waals surface area (Å²) in [5.41, 5.74) is 0.888. The quantitative estimate of drug-likeness (QED) is 0.654. The Hall–Kier alpha value is -1.20. The predicted molar refractivity (Wildman–Crippen MR) is 97.8 cm³/mol. The third-order valence-corrected chi connectivity index (χ3v) is 6.46. The molecule has 0 aromatic heterocycles. The number of carbonyl (C=O) groups is 1. The molecule has 1 aromatic carbocycles. The van der Waals surface area contributed by atoms with Gasteiger partial charge in [-0.25, -0.2) is 8.42 Å². The number of aliphatic hydroxyl groups is 1. The molecular formula is C19H30O4S. The van der Waals surface area contributed by atoms with E-state index in [0.29, 0.717) is 19.3 Å². The van der Waals surface area contributed by atoms with E-state index < -0.39 is 15.4 Å². The average Bonchev–Trinajstić information content (AvgIpc) is 2.46. The monoisotopic (exact) mass is 354 g/mol. The number of Topliss-reactive ketones (excluding diaryl/α,β-unsaturated/α-hetero) is 1. The lowest BCUT2D eigenvalue weighted by Crippen LogP contribution is -2.17. The molecule has 5 heteroatoms. The van der Waals surface area contributed by atoms with Gasteiger partial charge in [-0.05, 0) is 51.7 Å². The second-order valence-electron chi connectivity index (χ2n) is 7.20. The van der Waals surface area contributed by atoms with Crippen molar-refractivity contribution in [2.24, 2.45) is 0 Å². The molecule has 0 amide bonds. The SMILES string of the molecule is CC(C)S(=O)(=O)CCCCCC(=O)Cc1ccc(C(C)(C)O)cc1. The number of sulfone groups is 1. The van der Waals surface area contributed by atoms with Gasteiger partial charge in [0.2, 0.25) is 0 Å². The van der Waals surface area contributed by atoms with E-state index in [1.807, 2.05) is 24.3 Å². The molecule has 0 spiro atoms. The number of unbranched alkanes of at least 4 members (excludes halogenated alkanes) is 2. The Morgan fingerprint density at radius 1 is 1.08 bits per heavy atom. The summed E-state index contributed by atoms with van der Waals surface area (Å²) in [6, 6.07) is 7.44. The fourth-order valence-corrected chi connectivity index (χ4v) is 3.46. The summed E-state index contributed by atoms with van der Waals surface area (Å²) in [7, 11) is -2.97. The minimum absolute atomic E-state index is 0.165. The topological polar surface area (TPSA) is 71.4 Å². The first kappa shape index (κ1) is 20.8. The van der Waals surface area contributed by atoms with Crippen LogP contribution in [0.5, 0.6) is 0 Å². The summed E-state index contributed by atoms with van der Waals surface area (Å²) in [5.74, 6) is 0.370. The number of ketones is 1. The molecule has 0 unspecified atom stereocenters. The average molecular weight is 355 g/mol. The summed E-state index contributed by atoms with van der Waals surface area (Å²) in [5, 5.41) is 9.58. The largest absolute Gasteiger partial charge is 0.386 e. The molecular weight excluding hydrogens is 324 g/mol. The number of rotatable bonds is 10. The van der Waals surface area contributed by atoms with Gasteiger partial charge in [0.15, 0.2) is 9.84 Å². The van der Waals surface area contributed by atoms with Crippen molar-refractivity contribution in [1.29, 1.82) is 0 Å². The lowest BCUT2D eigenvalue weighted by molar-refractivity contribution is -0.118. The van der Waals surface area contributed by atoms with Crippen LogP contribution in [-0.2, 0) is 26.7 Å². The maximum Gasteiger partial charge on any atom is 0.152 e. The number of carbonyl (C=O) groups excluding carboxylic acids is 1. The van der Waals surface area contributed by atoms with Crippen LogP contribution in [0.3, 0.4) is 0 Å². The molecule has 0 fully saturated rings. The van der Waals surface area contributed by atoms with Crippen molar-refractivity contribution in [3.05, 3.63) is 35.4 Å². The molecule has 24 heavy (non-hydrogen) atoms. The molecule has 1 aromatic rings. The van der Waals surface area contributed by atoms with Crippen LogP contribution in [-0.4, -0.2) is 30.3 Å². The van der Waals surface area contributed by atoms with Crippen LogP contribution in [0.15, 0.2) is 24.3 Å². The molecule has 1 rings (SSSR count). The molecule has 1 N–H and O–H groups in total. The van der Waals surface area contributed by atoms with Gasteiger partial charge >= 0.3 is 0 Å². The van der Waals surface area contributed by atoms with Crippen molar-refractivity contribution < 1.29 is 18.3 Å². The highest BCUT2D eigenvalue weighted by atomic mass is 32.2. The summed E-state index contributed by atoms with van der Waals surface area (Å²) in [6.45, 7) is 6.85. The molecule has 0 saturated carbocycles. The van der Waals surface area contributed by atoms with Crippen LogP contribution in [0.1, 0.15) is 64.5 Å². The second-order valence-corrected chi connectivity index (χ2v) is 9.87. The smallest absolute Gasteiger partial charge is 0.152 e. The van der Waals surface area contributed by atoms with Gasteiger partial charge in [0, 0.05) is 12.8 Å². The highest BCUT2D eigenvalue weighted by Crippen LogP contribution is 2.20. The molecule has 0 atom stereocenters. The van der Waals surface area contributed by atoms with E-state index >= 15 is 0 Å². The zero-order chi connectivity index (χ0) is 18.4. The maximum absolute atomic E-state index is 12.0. The van der Waals surface area contributed by atoms with E-state index in [0.717, 1.165) is 24.0 Å². The first-order chi connectivity index (χ1) is 11.0. The fraction of sp³-hybridized carbons (Fsp3) is 0.632. The Morgan fingerprint density at radius 3 is 2.17 bits per heavy atom. The maximum atomic E-state index is 12.0. The minimum Gasteiger partial charge on any atom is -0.386 e. The molecule has 136 valence electrons. The van der Waals surface area contributed by atoms with Crippen LogP contribution in [0, 0.1) is 0 Å². The molecule has 0 radical (unpaired) electrons. The molecule has 0 saturated heterocycles. The van der Waals surface area contributed by atoms with Crippen molar-refractivity contribution >= 4 is 15.6 Å². The molecule has 0 aliphatic rings. The highest BCUT2D eigenvalue weighted by Gasteiger charge is 2.16. The first-order valence-corrected chi connectivity index (χ1v) is 10.3. The van der Waals surface area contributed by atoms with Gasteiger partial charge in [-0.3, -0.25) is 4.79 Å². The fourth-order valence-electron chi connectivity index (χ4n) is 2.38. The molecule has 0 bridgehead atoms.